The molecule has 0 aliphatic heterocycles. The van der Waals surface area contributed by atoms with E-state index in [4.69, 9.17) is 10.00 Å². The van der Waals surface area contributed by atoms with E-state index >= 15 is 0 Å². The SMILES string of the molecule is CC(C)(C)OC(=O)N[C@H](Cc1ccccc1)c1ccc(C#N)cc1. The van der Waals surface area contributed by atoms with Crippen molar-refractivity contribution in [1.29, 1.82) is 5.26 Å². The largest absolute Gasteiger partial charge is 0.444 e. The van der Waals surface area contributed by atoms with Crippen molar-refractivity contribution in [3.63, 3.8) is 0 Å². The van der Waals surface area contributed by atoms with Crippen LogP contribution in [-0.4, -0.2) is 11.7 Å². The number of rotatable bonds is 4. The van der Waals surface area contributed by atoms with E-state index in [9.17, 15) is 4.79 Å². The summed E-state index contributed by atoms with van der Waals surface area (Å²) in [5.74, 6) is 0. The van der Waals surface area contributed by atoms with Crippen LogP contribution >= 0.6 is 0 Å². The molecule has 4 nitrogen and oxygen atoms in total. The molecule has 0 saturated carbocycles. The highest BCUT2D eigenvalue weighted by Crippen LogP contribution is 2.20. The first-order chi connectivity index (χ1) is 11.4. The van der Waals surface area contributed by atoms with Gasteiger partial charge in [-0.15, -0.1) is 0 Å². The smallest absolute Gasteiger partial charge is 0.408 e. The number of nitriles is 1. The summed E-state index contributed by atoms with van der Waals surface area (Å²) in [6, 6.07) is 19.1. The zero-order valence-corrected chi connectivity index (χ0v) is 14.2. The molecule has 2 aromatic rings. The number of hydrogen-bond acceptors (Lipinski definition) is 3. The number of nitrogens with zero attached hydrogens (tertiary/aromatic N) is 1. The highest BCUT2D eigenvalue weighted by molar-refractivity contribution is 5.68. The van der Waals surface area contributed by atoms with Gasteiger partial charge in [0.25, 0.3) is 0 Å². The fourth-order valence-corrected chi connectivity index (χ4v) is 2.34. The lowest BCUT2D eigenvalue weighted by atomic mass is 9.98. The molecule has 0 bridgehead atoms. The molecule has 0 saturated heterocycles. The van der Waals surface area contributed by atoms with Crippen molar-refractivity contribution >= 4 is 6.09 Å². The summed E-state index contributed by atoms with van der Waals surface area (Å²) in [6.45, 7) is 5.50. The van der Waals surface area contributed by atoms with Crippen molar-refractivity contribution in [3.8, 4) is 6.07 Å². The number of hydrogen-bond donors (Lipinski definition) is 1. The molecule has 1 amide bonds. The van der Waals surface area contributed by atoms with E-state index in [1.165, 1.54) is 0 Å². The maximum atomic E-state index is 12.2. The molecule has 1 N–H and O–H groups in total. The Morgan fingerprint density at radius 3 is 2.29 bits per heavy atom. The molecule has 24 heavy (non-hydrogen) atoms. The van der Waals surface area contributed by atoms with Crippen LogP contribution in [0.3, 0.4) is 0 Å². The van der Waals surface area contributed by atoms with E-state index in [1.54, 1.807) is 12.1 Å². The lowest BCUT2D eigenvalue weighted by Gasteiger charge is -2.24. The Morgan fingerprint density at radius 2 is 1.75 bits per heavy atom. The molecule has 124 valence electrons. The maximum Gasteiger partial charge on any atom is 0.408 e. The van der Waals surface area contributed by atoms with Gasteiger partial charge in [0.15, 0.2) is 0 Å². The minimum absolute atomic E-state index is 0.227. The number of nitrogens with one attached hydrogen (secondary N) is 1. The van der Waals surface area contributed by atoms with Crippen LogP contribution in [0.5, 0.6) is 0 Å². The summed E-state index contributed by atoms with van der Waals surface area (Å²) in [6.07, 6.45) is 0.194. The topological polar surface area (TPSA) is 62.1 Å². The third-order valence-electron chi connectivity index (χ3n) is 3.42. The molecule has 4 heteroatoms. The average molecular weight is 322 g/mol. The number of carbonyl (C=O) groups is 1. The van der Waals surface area contributed by atoms with E-state index in [0.717, 1.165) is 11.1 Å². The van der Waals surface area contributed by atoms with Crippen molar-refractivity contribution in [1.82, 2.24) is 5.32 Å². The van der Waals surface area contributed by atoms with Crippen LogP contribution in [0.15, 0.2) is 54.6 Å². The number of benzene rings is 2. The van der Waals surface area contributed by atoms with Gasteiger partial charge in [-0.2, -0.15) is 5.26 Å². The van der Waals surface area contributed by atoms with Gasteiger partial charge in [0.1, 0.15) is 5.60 Å². The van der Waals surface area contributed by atoms with Crippen molar-refractivity contribution in [2.45, 2.75) is 38.8 Å². The van der Waals surface area contributed by atoms with E-state index in [2.05, 4.69) is 11.4 Å². The van der Waals surface area contributed by atoms with Gasteiger partial charge in [0, 0.05) is 0 Å². The van der Waals surface area contributed by atoms with Gasteiger partial charge in [0.05, 0.1) is 17.7 Å². The van der Waals surface area contributed by atoms with Gasteiger partial charge >= 0.3 is 6.09 Å². The molecule has 2 rings (SSSR count). The van der Waals surface area contributed by atoms with Crippen molar-refractivity contribution in [3.05, 3.63) is 71.3 Å². The zero-order chi connectivity index (χ0) is 17.6. The number of ether oxygens (including phenoxy) is 1. The van der Waals surface area contributed by atoms with Crippen molar-refractivity contribution in [2.75, 3.05) is 0 Å². The standard InChI is InChI=1S/C20H22N2O2/c1-20(2,3)24-19(23)22-18(13-15-7-5-4-6-8-15)17-11-9-16(14-21)10-12-17/h4-12,18H,13H2,1-3H3,(H,22,23)/t18-/m1/s1. The van der Waals surface area contributed by atoms with Gasteiger partial charge in [-0.05, 0) is 50.5 Å². The van der Waals surface area contributed by atoms with E-state index in [0.29, 0.717) is 12.0 Å². The van der Waals surface area contributed by atoms with Gasteiger partial charge in [-0.3, -0.25) is 0 Å². The predicted molar refractivity (Wildman–Crippen MR) is 93.4 cm³/mol. The van der Waals surface area contributed by atoms with E-state index in [-0.39, 0.29) is 6.04 Å². The third kappa shape index (κ3) is 5.44. The number of carbonyl (C=O) groups excluding carboxylic acids is 1. The summed E-state index contributed by atoms with van der Waals surface area (Å²) in [5.41, 5.74) is 2.09. The lowest BCUT2D eigenvalue weighted by Crippen LogP contribution is -2.35. The van der Waals surface area contributed by atoms with Crippen LogP contribution in [0.25, 0.3) is 0 Å². The lowest BCUT2D eigenvalue weighted by molar-refractivity contribution is 0.0503. The average Bonchev–Trinajstić information content (AvgIpc) is 2.53. The summed E-state index contributed by atoms with van der Waals surface area (Å²) in [5, 5.41) is 11.9. The monoisotopic (exact) mass is 322 g/mol. The quantitative estimate of drug-likeness (QED) is 0.909. The number of alkyl carbamates (subject to hydrolysis) is 1. The van der Waals surface area contributed by atoms with E-state index < -0.39 is 11.7 Å². The minimum Gasteiger partial charge on any atom is -0.444 e. The minimum atomic E-state index is -0.550. The second kappa shape index (κ2) is 7.65. The highest BCUT2D eigenvalue weighted by atomic mass is 16.6. The van der Waals surface area contributed by atoms with Gasteiger partial charge in [0.2, 0.25) is 0 Å². The van der Waals surface area contributed by atoms with Crippen LogP contribution in [0, 0.1) is 11.3 Å². The first-order valence-corrected chi connectivity index (χ1v) is 7.91. The van der Waals surface area contributed by atoms with Crippen LogP contribution in [0.2, 0.25) is 0 Å². The fraction of sp³-hybridized carbons (Fsp3) is 0.300. The molecule has 0 aromatic heterocycles. The predicted octanol–water partition coefficient (Wildman–Crippen LogP) is 4.37. The molecule has 0 fully saturated rings. The Labute approximate surface area is 143 Å². The molecule has 2 aromatic carbocycles. The normalized spacial score (nSPS) is 12.1. The summed E-state index contributed by atoms with van der Waals surface area (Å²) in [4.78, 5) is 12.2. The van der Waals surface area contributed by atoms with Crippen molar-refractivity contribution in [2.24, 2.45) is 0 Å². The number of amides is 1. The Hall–Kier alpha value is -2.80. The Kier molecular flexibility index (Phi) is 5.59. The van der Waals surface area contributed by atoms with Gasteiger partial charge in [-0.25, -0.2) is 4.79 Å². The molecule has 0 unspecified atom stereocenters. The molecule has 0 heterocycles. The third-order valence-corrected chi connectivity index (χ3v) is 3.42. The van der Waals surface area contributed by atoms with Gasteiger partial charge < -0.3 is 10.1 Å². The van der Waals surface area contributed by atoms with Crippen molar-refractivity contribution < 1.29 is 9.53 Å². The molecule has 0 spiro atoms. The second-order valence-corrected chi connectivity index (χ2v) is 6.62. The van der Waals surface area contributed by atoms with Crippen LogP contribution < -0.4 is 5.32 Å². The Bertz CT molecular complexity index is 710. The molecular formula is C20H22N2O2. The zero-order valence-electron chi connectivity index (χ0n) is 14.2. The highest BCUT2D eigenvalue weighted by Gasteiger charge is 2.21. The molecule has 0 aliphatic rings. The first-order valence-electron chi connectivity index (χ1n) is 7.91. The van der Waals surface area contributed by atoms with E-state index in [1.807, 2.05) is 63.2 Å². The molecular weight excluding hydrogens is 300 g/mol. The fourth-order valence-electron chi connectivity index (χ4n) is 2.34. The van der Waals surface area contributed by atoms with Gasteiger partial charge in [-0.1, -0.05) is 42.5 Å². The second-order valence-electron chi connectivity index (χ2n) is 6.62. The molecule has 1 atom stereocenters. The van der Waals surface area contributed by atoms with Crippen LogP contribution in [0.4, 0.5) is 4.79 Å². The van der Waals surface area contributed by atoms with Crippen LogP contribution in [0.1, 0.15) is 43.5 Å². The molecule has 0 radical (unpaired) electrons. The maximum absolute atomic E-state index is 12.2. The summed E-state index contributed by atoms with van der Waals surface area (Å²) < 4.78 is 5.37. The molecule has 0 aliphatic carbocycles. The summed E-state index contributed by atoms with van der Waals surface area (Å²) in [7, 11) is 0. The Morgan fingerprint density at radius 1 is 1.12 bits per heavy atom. The first kappa shape index (κ1) is 17.6. The summed E-state index contributed by atoms with van der Waals surface area (Å²) >= 11 is 0. The van der Waals surface area contributed by atoms with Crippen LogP contribution in [-0.2, 0) is 11.2 Å². The Balaban J connectivity index is 2.20.